The molecule has 1 aliphatic carbocycles. The summed E-state index contributed by atoms with van der Waals surface area (Å²) in [7, 11) is -3.48. The molecule has 4 rings (SSSR count). The lowest BCUT2D eigenvalue weighted by molar-refractivity contribution is 0.0956. The van der Waals surface area contributed by atoms with Crippen molar-refractivity contribution in [2.75, 3.05) is 13.1 Å². The molecule has 130 valence electrons. The highest BCUT2D eigenvalue weighted by Gasteiger charge is 2.57. The molecule has 2 aromatic carbocycles. The Morgan fingerprint density at radius 2 is 1.68 bits per heavy atom. The molecule has 1 saturated heterocycles. The maximum absolute atomic E-state index is 12.9. The summed E-state index contributed by atoms with van der Waals surface area (Å²) in [6.45, 7) is 2.88. The number of aryl methyl sites for hydroxylation is 1. The van der Waals surface area contributed by atoms with Gasteiger partial charge >= 0.3 is 0 Å². The van der Waals surface area contributed by atoms with Crippen LogP contribution in [0.2, 0.25) is 0 Å². The van der Waals surface area contributed by atoms with E-state index in [1.807, 2.05) is 49.4 Å². The van der Waals surface area contributed by atoms with E-state index in [9.17, 15) is 13.2 Å². The summed E-state index contributed by atoms with van der Waals surface area (Å²) in [5, 5.41) is 0. The fourth-order valence-corrected chi connectivity index (χ4v) is 5.46. The molecule has 4 nitrogen and oxygen atoms in total. The lowest BCUT2D eigenvalue weighted by Crippen LogP contribution is -2.36. The van der Waals surface area contributed by atoms with Crippen molar-refractivity contribution in [1.29, 1.82) is 0 Å². The highest BCUT2D eigenvalue weighted by molar-refractivity contribution is 7.89. The van der Waals surface area contributed by atoms with Crippen LogP contribution in [0.5, 0.6) is 0 Å². The zero-order chi connectivity index (χ0) is 17.6. The largest absolute Gasteiger partial charge is 0.294 e. The first kappa shape index (κ1) is 16.5. The highest BCUT2D eigenvalue weighted by Crippen LogP contribution is 2.53. The van der Waals surface area contributed by atoms with Crippen LogP contribution < -0.4 is 0 Å². The van der Waals surface area contributed by atoms with Gasteiger partial charge in [0.1, 0.15) is 0 Å². The van der Waals surface area contributed by atoms with Gasteiger partial charge in [0, 0.05) is 24.6 Å². The second-order valence-electron chi connectivity index (χ2n) is 7.05. The van der Waals surface area contributed by atoms with Gasteiger partial charge in [-0.25, -0.2) is 8.42 Å². The molecule has 25 heavy (non-hydrogen) atoms. The van der Waals surface area contributed by atoms with E-state index >= 15 is 0 Å². The van der Waals surface area contributed by atoms with Crippen LogP contribution >= 0.6 is 0 Å². The van der Waals surface area contributed by atoms with Crippen LogP contribution in [0.3, 0.4) is 0 Å². The average Bonchev–Trinajstić information content (AvgIpc) is 3.35. The minimum Gasteiger partial charge on any atom is -0.294 e. The Bertz CT molecular complexity index is 890. The highest BCUT2D eigenvalue weighted by atomic mass is 32.2. The number of carbonyl (C=O) groups is 1. The number of piperidine rings is 1. The fourth-order valence-electron chi connectivity index (χ4n) is 3.97. The summed E-state index contributed by atoms with van der Waals surface area (Å²) < 4.78 is 27.3. The quantitative estimate of drug-likeness (QED) is 0.792. The molecule has 2 fully saturated rings. The molecule has 5 heteroatoms. The number of ketones is 1. The third-order valence-corrected chi connectivity index (χ3v) is 7.36. The van der Waals surface area contributed by atoms with Crippen molar-refractivity contribution >= 4 is 15.8 Å². The summed E-state index contributed by atoms with van der Waals surface area (Å²) in [4.78, 5) is 13.0. The van der Waals surface area contributed by atoms with Gasteiger partial charge < -0.3 is 0 Å². The zero-order valence-electron chi connectivity index (χ0n) is 14.1. The second-order valence-corrected chi connectivity index (χ2v) is 8.99. The number of nitrogens with zero attached hydrogens (tertiary/aromatic N) is 1. The van der Waals surface area contributed by atoms with Gasteiger partial charge in [0.05, 0.1) is 4.90 Å². The Morgan fingerprint density at radius 1 is 1.00 bits per heavy atom. The number of sulfonamides is 1. The van der Waals surface area contributed by atoms with E-state index in [4.69, 9.17) is 0 Å². The van der Waals surface area contributed by atoms with Crippen LogP contribution in [0, 0.1) is 24.7 Å². The molecule has 1 saturated carbocycles. The summed E-state index contributed by atoms with van der Waals surface area (Å²) in [6, 6.07) is 16.3. The standard InChI is InChI=1S/C20H21NO3S/c1-14-7-9-16(10-8-14)25(23,24)21-12-11-17-18(13-21)19(17)20(22)15-5-3-2-4-6-15/h2-10,17-19H,11-13H2,1H3. The third kappa shape index (κ3) is 2.92. The van der Waals surface area contributed by atoms with Crippen LogP contribution in [0.4, 0.5) is 0 Å². The van der Waals surface area contributed by atoms with Crippen LogP contribution in [0.15, 0.2) is 59.5 Å². The van der Waals surface area contributed by atoms with E-state index < -0.39 is 10.0 Å². The topological polar surface area (TPSA) is 54.5 Å². The molecule has 1 aliphatic heterocycles. The molecule has 0 spiro atoms. The molecule has 0 aromatic heterocycles. The minimum atomic E-state index is -3.48. The Morgan fingerprint density at radius 3 is 2.36 bits per heavy atom. The first-order chi connectivity index (χ1) is 12.0. The summed E-state index contributed by atoms with van der Waals surface area (Å²) in [6.07, 6.45) is 0.763. The van der Waals surface area contributed by atoms with E-state index in [1.54, 1.807) is 16.4 Å². The molecule has 0 amide bonds. The van der Waals surface area contributed by atoms with Crippen molar-refractivity contribution in [2.45, 2.75) is 18.2 Å². The first-order valence-corrected chi connectivity index (χ1v) is 10.1. The van der Waals surface area contributed by atoms with E-state index in [-0.39, 0.29) is 17.6 Å². The van der Waals surface area contributed by atoms with Crippen molar-refractivity contribution in [3.8, 4) is 0 Å². The van der Waals surface area contributed by atoms with Crippen LogP contribution in [0.1, 0.15) is 22.3 Å². The van der Waals surface area contributed by atoms with Gasteiger partial charge in [-0.2, -0.15) is 4.31 Å². The minimum absolute atomic E-state index is 0.0272. The number of hydrogen-bond acceptors (Lipinski definition) is 3. The summed E-state index contributed by atoms with van der Waals surface area (Å²) in [5.74, 6) is 0.615. The fraction of sp³-hybridized carbons (Fsp3) is 0.350. The van der Waals surface area contributed by atoms with Crippen LogP contribution in [0.25, 0.3) is 0 Å². The Kier molecular flexibility index (Phi) is 4.01. The van der Waals surface area contributed by atoms with Crippen molar-refractivity contribution in [2.24, 2.45) is 17.8 Å². The number of carbonyl (C=O) groups excluding carboxylic acids is 1. The van der Waals surface area contributed by atoms with Gasteiger partial charge in [0.15, 0.2) is 5.78 Å². The van der Waals surface area contributed by atoms with Crippen molar-refractivity contribution in [1.82, 2.24) is 4.31 Å². The van der Waals surface area contributed by atoms with Crippen LogP contribution in [-0.4, -0.2) is 31.6 Å². The number of hydrogen-bond donors (Lipinski definition) is 0. The molecule has 0 bridgehead atoms. The molecule has 3 unspecified atom stereocenters. The van der Waals surface area contributed by atoms with E-state index in [1.165, 1.54) is 0 Å². The molecular formula is C20H21NO3S. The lowest BCUT2D eigenvalue weighted by Gasteiger charge is -2.25. The predicted molar refractivity (Wildman–Crippen MR) is 95.8 cm³/mol. The first-order valence-electron chi connectivity index (χ1n) is 8.64. The Labute approximate surface area is 148 Å². The third-order valence-electron chi connectivity index (χ3n) is 5.48. The van der Waals surface area contributed by atoms with Gasteiger partial charge in [-0.05, 0) is 37.3 Å². The molecule has 1 heterocycles. The van der Waals surface area contributed by atoms with E-state index in [0.29, 0.717) is 23.9 Å². The van der Waals surface area contributed by atoms with E-state index in [0.717, 1.165) is 17.5 Å². The molecular weight excluding hydrogens is 334 g/mol. The Balaban J connectivity index is 1.50. The monoisotopic (exact) mass is 355 g/mol. The van der Waals surface area contributed by atoms with E-state index in [2.05, 4.69) is 0 Å². The van der Waals surface area contributed by atoms with Gasteiger partial charge in [-0.15, -0.1) is 0 Å². The number of rotatable bonds is 4. The number of Topliss-reactive ketones (excluding diaryl/α,β-unsaturated/α-hetero) is 1. The van der Waals surface area contributed by atoms with Gasteiger partial charge in [-0.1, -0.05) is 48.0 Å². The molecule has 0 N–H and O–H groups in total. The van der Waals surface area contributed by atoms with Gasteiger partial charge in [0.25, 0.3) is 0 Å². The smallest absolute Gasteiger partial charge is 0.243 e. The SMILES string of the molecule is Cc1ccc(S(=O)(=O)N2CCC3C(C2)C3C(=O)c2ccccc2)cc1. The molecule has 0 radical (unpaired) electrons. The van der Waals surface area contributed by atoms with Crippen molar-refractivity contribution in [3.63, 3.8) is 0 Å². The van der Waals surface area contributed by atoms with Crippen LogP contribution in [-0.2, 0) is 10.0 Å². The second kappa shape index (κ2) is 6.07. The molecule has 2 aromatic rings. The number of benzene rings is 2. The van der Waals surface area contributed by atoms with Crippen molar-refractivity contribution in [3.05, 3.63) is 65.7 Å². The normalized spacial score (nSPS) is 26.0. The zero-order valence-corrected chi connectivity index (χ0v) is 14.9. The maximum atomic E-state index is 12.9. The average molecular weight is 355 g/mol. The summed E-state index contributed by atoms with van der Waals surface area (Å²) in [5.41, 5.74) is 1.77. The molecule has 3 atom stereocenters. The Hall–Kier alpha value is -1.98. The van der Waals surface area contributed by atoms with Gasteiger partial charge in [-0.3, -0.25) is 4.79 Å². The molecule has 2 aliphatic rings. The lowest BCUT2D eigenvalue weighted by atomic mass is 10.1. The van der Waals surface area contributed by atoms with Crippen molar-refractivity contribution < 1.29 is 13.2 Å². The number of fused-ring (bicyclic) bond motifs is 1. The maximum Gasteiger partial charge on any atom is 0.243 e. The predicted octanol–water partition coefficient (Wildman–Crippen LogP) is 3.13. The van der Waals surface area contributed by atoms with Gasteiger partial charge in [0.2, 0.25) is 10.0 Å². The summed E-state index contributed by atoms with van der Waals surface area (Å²) >= 11 is 0.